The van der Waals surface area contributed by atoms with Crippen molar-refractivity contribution in [3.63, 3.8) is 0 Å². The largest absolute Gasteiger partial charge is 0.392 e. The minimum absolute atomic E-state index is 0.109. The van der Waals surface area contributed by atoms with Crippen molar-refractivity contribution in [3.8, 4) is 0 Å². The molecule has 4 heterocycles. The second-order valence-corrected chi connectivity index (χ2v) is 7.58. The van der Waals surface area contributed by atoms with Gasteiger partial charge in [-0.3, -0.25) is 4.90 Å². The van der Waals surface area contributed by atoms with E-state index in [0.29, 0.717) is 6.04 Å². The third-order valence-electron chi connectivity index (χ3n) is 6.84. The zero-order valence-electron chi connectivity index (χ0n) is 13.2. The van der Waals surface area contributed by atoms with Gasteiger partial charge in [-0.05, 0) is 37.3 Å². The maximum absolute atomic E-state index is 11.2. The lowest BCUT2D eigenvalue weighted by Crippen LogP contribution is -2.64. The van der Waals surface area contributed by atoms with Crippen LogP contribution in [0.25, 0.3) is 10.9 Å². The molecule has 4 aliphatic rings. The van der Waals surface area contributed by atoms with E-state index in [9.17, 15) is 5.11 Å². The monoisotopic (exact) mass is 296 g/mol. The molecule has 22 heavy (non-hydrogen) atoms. The molecule has 6 rings (SSSR count). The highest BCUT2D eigenvalue weighted by atomic mass is 16.3. The van der Waals surface area contributed by atoms with Crippen LogP contribution < -0.4 is 0 Å². The first-order chi connectivity index (χ1) is 10.7. The van der Waals surface area contributed by atoms with E-state index in [1.54, 1.807) is 0 Å². The van der Waals surface area contributed by atoms with Crippen LogP contribution in [-0.4, -0.2) is 40.2 Å². The molecular weight excluding hydrogens is 272 g/mol. The third-order valence-corrected chi connectivity index (χ3v) is 6.84. The van der Waals surface area contributed by atoms with Gasteiger partial charge in [0.15, 0.2) is 0 Å². The number of aliphatic hydroxyl groups is 1. The highest BCUT2D eigenvalue weighted by Crippen LogP contribution is 2.54. The van der Waals surface area contributed by atoms with E-state index in [4.69, 9.17) is 0 Å². The summed E-state index contributed by atoms with van der Waals surface area (Å²) in [5.41, 5.74) is 4.14. The molecular formula is C19H24N2O. The molecule has 2 saturated heterocycles. The van der Waals surface area contributed by atoms with Gasteiger partial charge in [0.2, 0.25) is 0 Å². The number of aliphatic hydroxyl groups excluding tert-OH is 1. The van der Waals surface area contributed by atoms with Crippen LogP contribution in [0.3, 0.4) is 0 Å². The molecule has 116 valence electrons. The summed E-state index contributed by atoms with van der Waals surface area (Å²) in [6, 6.07) is 9.16. The maximum atomic E-state index is 11.2. The van der Waals surface area contributed by atoms with Crippen LogP contribution in [0.2, 0.25) is 0 Å². The fourth-order valence-corrected chi connectivity index (χ4v) is 5.58. The lowest BCUT2D eigenvalue weighted by molar-refractivity contribution is -0.131. The Morgan fingerprint density at radius 2 is 2.23 bits per heavy atom. The van der Waals surface area contributed by atoms with Gasteiger partial charge in [-0.25, -0.2) is 0 Å². The standard InChI is InChI=1S/C19H24N2O/c1-2-19-9-7-15-16(18(19)22)17-13(8-10-21(15)11-19)12-5-3-4-6-14(12)20-17/h3-6,15-16,18,20,22H,2,7-11H2,1H3. The van der Waals surface area contributed by atoms with E-state index in [0.717, 1.165) is 25.9 Å². The topological polar surface area (TPSA) is 39.3 Å². The van der Waals surface area contributed by atoms with Gasteiger partial charge >= 0.3 is 0 Å². The normalized spacial score (nSPS) is 39.7. The molecule has 2 N–H and O–H groups in total. The van der Waals surface area contributed by atoms with Crippen LogP contribution in [0.5, 0.6) is 0 Å². The average molecular weight is 296 g/mol. The van der Waals surface area contributed by atoms with Crippen molar-refractivity contribution in [1.82, 2.24) is 9.88 Å². The molecule has 1 saturated carbocycles. The van der Waals surface area contributed by atoms with E-state index in [1.165, 1.54) is 35.0 Å². The second-order valence-electron chi connectivity index (χ2n) is 7.58. The lowest BCUT2D eigenvalue weighted by atomic mass is 9.59. The smallest absolute Gasteiger partial charge is 0.0706 e. The van der Waals surface area contributed by atoms with Crippen LogP contribution in [0.1, 0.15) is 43.4 Å². The molecule has 0 radical (unpaired) electrons. The molecule has 4 bridgehead atoms. The number of nitrogens with zero attached hydrogens (tertiary/aromatic N) is 1. The Balaban J connectivity index is 1.73. The number of fused-ring (bicyclic) bond motifs is 4. The number of aromatic nitrogens is 1. The van der Waals surface area contributed by atoms with Gasteiger partial charge in [0.05, 0.1) is 6.10 Å². The Kier molecular flexibility index (Phi) is 2.61. The Bertz CT molecular complexity index is 736. The van der Waals surface area contributed by atoms with Crippen LogP contribution in [0.15, 0.2) is 24.3 Å². The molecule has 3 heteroatoms. The first kappa shape index (κ1) is 13.1. The minimum Gasteiger partial charge on any atom is -0.392 e. The summed E-state index contributed by atoms with van der Waals surface area (Å²) in [7, 11) is 0. The van der Waals surface area contributed by atoms with Crippen molar-refractivity contribution in [1.29, 1.82) is 0 Å². The number of aromatic amines is 1. The van der Waals surface area contributed by atoms with Gasteiger partial charge in [0.1, 0.15) is 0 Å². The summed E-state index contributed by atoms with van der Waals surface area (Å²) < 4.78 is 0. The predicted molar refractivity (Wildman–Crippen MR) is 88.1 cm³/mol. The number of hydrogen-bond acceptors (Lipinski definition) is 2. The number of piperidine rings is 2. The minimum atomic E-state index is -0.197. The number of hydrogen-bond donors (Lipinski definition) is 2. The molecule has 5 unspecified atom stereocenters. The van der Waals surface area contributed by atoms with E-state index < -0.39 is 0 Å². The van der Waals surface area contributed by atoms with Crippen molar-refractivity contribution >= 4 is 10.9 Å². The van der Waals surface area contributed by atoms with Crippen molar-refractivity contribution in [2.24, 2.45) is 5.41 Å². The Hall–Kier alpha value is -1.32. The molecule has 0 spiro atoms. The van der Waals surface area contributed by atoms with Crippen LogP contribution >= 0.6 is 0 Å². The van der Waals surface area contributed by atoms with Crippen molar-refractivity contribution in [2.75, 3.05) is 13.1 Å². The van der Waals surface area contributed by atoms with Crippen molar-refractivity contribution in [3.05, 3.63) is 35.5 Å². The average Bonchev–Trinajstić information content (AvgIpc) is 2.86. The lowest BCUT2D eigenvalue weighted by Gasteiger charge is -2.58. The number of para-hydroxylation sites is 1. The van der Waals surface area contributed by atoms with Crippen LogP contribution in [0.4, 0.5) is 0 Å². The third kappa shape index (κ3) is 1.49. The molecule has 1 aromatic heterocycles. The zero-order valence-corrected chi connectivity index (χ0v) is 13.2. The summed E-state index contributed by atoms with van der Waals surface area (Å²) in [5, 5.41) is 12.6. The Labute approximate surface area is 131 Å². The van der Waals surface area contributed by atoms with E-state index in [1.807, 2.05) is 0 Å². The molecule has 0 amide bonds. The highest BCUT2D eigenvalue weighted by molar-refractivity contribution is 5.85. The fraction of sp³-hybridized carbons (Fsp3) is 0.579. The van der Waals surface area contributed by atoms with Gasteiger partial charge in [0.25, 0.3) is 0 Å². The van der Waals surface area contributed by atoms with Crippen molar-refractivity contribution in [2.45, 2.75) is 50.7 Å². The van der Waals surface area contributed by atoms with Crippen molar-refractivity contribution < 1.29 is 5.11 Å². The number of H-pyrrole nitrogens is 1. The molecule has 1 aliphatic carbocycles. The summed E-state index contributed by atoms with van der Waals surface area (Å²) in [5.74, 6) is 0.271. The molecule has 2 aromatic rings. The first-order valence-corrected chi connectivity index (χ1v) is 8.75. The maximum Gasteiger partial charge on any atom is 0.0706 e. The molecule has 1 aromatic carbocycles. The van der Waals surface area contributed by atoms with Crippen LogP contribution in [0, 0.1) is 5.41 Å². The Morgan fingerprint density at radius 3 is 3.09 bits per heavy atom. The van der Waals surface area contributed by atoms with Gasteiger partial charge in [-0.2, -0.15) is 0 Å². The van der Waals surface area contributed by atoms with Gasteiger partial charge in [-0.1, -0.05) is 25.1 Å². The zero-order chi connectivity index (χ0) is 14.9. The fourth-order valence-electron chi connectivity index (χ4n) is 5.58. The van der Waals surface area contributed by atoms with E-state index in [2.05, 4.69) is 41.1 Å². The van der Waals surface area contributed by atoms with E-state index >= 15 is 0 Å². The number of nitrogens with one attached hydrogen (secondary N) is 1. The SMILES string of the molecule is CCC12CCC3C(c4[nH]c5ccccc5c4CCN3C1)C2O. The molecule has 3 nitrogen and oxygen atoms in total. The summed E-state index contributed by atoms with van der Waals surface area (Å²) in [4.78, 5) is 6.36. The number of rotatable bonds is 1. The molecule has 3 fully saturated rings. The predicted octanol–water partition coefficient (Wildman–Crippen LogP) is 3.04. The summed E-state index contributed by atoms with van der Waals surface area (Å²) in [6.45, 7) is 4.49. The van der Waals surface area contributed by atoms with Crippen LogP contribution in [-0.2, 0) is 6.42 Å². The van der Waals surface area contributed by atoms with Gasteiger partial charge < -0.3 is 10.1 Å². The Morgan fingerprint density at radius 1 is 1.36 bits per heavy atom. The summed E-state index contributed by atoms with van der Waals surface area (Å²) >= 11 is 0. The molecule has 3 aliphatic heterocycles. The van der Waals surface area contributed by atoms with Gasteiger partial charge in [0, 0.05) is 47.1 Å². The number of benzene rings is 1. The first-order valence-electron chi connectivity index (χ1n) is 8.75. The van der Waals surface area contributed by atoms with E-state index in [-0.39, 0.29) is 17.4 Å². The second kappa shape index (κ2) is 4.36. The van der Waals surface area contributed by atoms with Gasteiger partial charge in [-0.15, -0.1) is 0 Å². The molecule has 5 atom stereocenters. The summed E-state index contributed by atoms with van der Waals surface area (Å²) in [6.07, 6.45) is 4.43. The quantitative estimate of drug-likeness (QED) is 0.849. The highest BCUT2D eigenvalue weighted by Gasteiger charge is 2.56.